The van der Waals surface area contributed by atoms with Crippen molar-refractivity contribution in [2.75, 3.05) is 25.0 Å². The van der Waals surface area contributed by atoms with Crippen molar-refractivity contribution in [2.24, 2.45) is 0 Å². The van der Waals surface area contributed by atoms with Crippen LogP contribution in [0.3, 0.4) is 0 Å². The van der Waals surface area contributed by atoms with Crippen LogP contribution in [0.4, 0.5) is 10.5 Å². The maximum absolute atomic E-state index is 12.0. The van der Waals surface area contributed by atoms with Gasteiger partial charge in [-0.25, -0.2) is 4.79 Å². The Morgan fingerprint density at radius 1 is 1.50 bits per heavy atom. The number of unbranched alkanes of at least 4 members (excludes halogenated alkanes) is 1. The number of aryl methyl sites for hydroxylation is 1. The van der Waals surface area contributed by atoms with Gasteiger partial charge in [-0.2, -0.15) is 5.10 Å². The molecule has 0 unspecified atom stereocenters. The fraction of sp³-hybridized carbons (Fsp3) is 0.667. The van der Waals surface area contributed by atoms with E-state index in [1.54, 1.807) is 22.0 Å². The van der Waals surface area contributed by atoms with Crippen LogP contribution in [-0.2, 0) is 6.54 Å². The van der Waals surface area contributed by atoms with Crippen LogP contribution >= 0.6 is 0 Å². The minimum absolute atomic E-state index is 0.0225. The molecule has 0 spiro atoms. The zero-order valence-corrected chi connectivity index (χ0v) is 11.1. The number of amides is 2. The molecule has 0 saturated carbocycles. The van der Waals surface area contributed by atoms with Crippen molar-refractivity contribution >= 4 is 11.7 Å². The third-order valence-corrected chi connectivity index (χ3v) is 2.65. The number of aliphatic hydroxyl groups excluding tert-OH is 1. The maximum atomic E-state index is 12.0. The number of nitrogens with one attached hydrogen (secondary N) is 1. The molecule has 18 heavy (non-hydrogen) atoms. The quantitative estimate of drug-likeness (QED) is 0.775. The van der Waals surface area contributed by atoms with Gasteiger partial charge in [-0.05, 0) is 13.3 Å². The Bertz CT molecular complexity index is 365. The number of rotatable bonds is 7. The third kappa shape index (κ3) is 4.37. The summed E-state index contributed by atoms with van der Waals surface area (Å²) in [5.41, 5.74) is 0.682. The van der Waals surface area contributed by atoms with Crippen LogP contribution in [-0.4, -0.2) is 45.5 Å². The van der Waals surface area contributed by atoms with Gasteiger partial charge in [-0.1, -0.05) is 13.3 Å². The van der Waals surface area contributed by atoms with Crippen molar-refractivity contribution in [1.29, 1.82) is 0 Å². The Balaban J connectivity index is 2.54. The van der Waals surface area contributed by atoms with Crippen molar-refractivity contribution in [3.63, 3.8) is 0 Å². The molecule has 1 aromatic rings. The summed E-state index contributed by atoms with van der Waals surface area (Å²) < 4.78 is 1.75. The van der Waals surface area contributed by atoms with Gasteiger partial charge in [0.1, 0.15) is 0 Å². The normalized spacial score (nSPS) is 10.4. The van der Waals surface area contributed by atoms with Gasteiger partial charge >= 0.3 is 6.03 Å². The molecule has 0 aliphatic carbocycles. The van der Waals surface area contributed by atoms with Gasteiger partial charge in [-0.3, -0.25) is 4.68 Å². The van der Waals surface area contributed by atoms with Crippen LogP contribution in [0.15, 0.2) is 12.4 Å². The van der Waals surface area contributed by atoms with Crippen molar-refractivity contribution in [3.8, 4) is 0 Å². The lowest BCUT2D eigenvalue weighted by Gasteiger charge is -2.21. The van der Waals surface area contributed by atoms with Gasteiger partial charge in [0, 0.05) is 25.8 Å². The molecule has 2 amide bonds. The summed E-state index contributed by atoms with van der Waals surface area (Å²) in [5, 5.41) is 15.8. The summed E-state index contributed by atoms with van der Waals surface area (Å²) in [6, 6.07) is -0.187. The maximum Gasteiger partial charge on any atom is 0.322 e. The average molecular weight is 254 g/mol. The summed E-state index contributed by atoms with van der Waals surface area (Å²) in [5.74, 6) is 0. The van der Waals surface area contributed by atoms with Gasteiger partial charge in [0.15, 0.2) is 0 Å². The zero-order valence-electron chi connectivity index (χ0n) is 11.1. The van der Waals surface area contributed by atoms with Crippen LogP contribution in [0.5, 0.6) is 0 Å². The molecule has 6 heteroatoms. The highest BCUT2D eigenvalue weighted by atomic mass is 16.3. The zero-order chi connectivity index (χ0) is 13.4. The number of carbonyl (C=O) groups excluding carboxylic acids is 1. The standard InChI is InChI=1S/C12H22N4O2/c1-3-5-6-15(7-8-17)12(18)14-11-9-13-16(4-2)10-11/h9-10,17H,3-8H2,1-2H3,(H,14,18). The van der Waals surface area contributed by atoms with Crippen LogP contribution in [0.1, 0.15) is 26.7 Å². The molecule has 0 saturated heterocycles. The van der Waals surface area contributed by atoms with E-state index in [2.05, 4.69) is 17.3 Å². The van der Waals surface area contributed by atoms with E-state index in [0.29, 0.717) is 18.8 Å². The Kier molecular flexibility index (Phi) is 6.21. The van der Waals surface area contributed by atoms with Crippen molar-refractivity contribution in [3.05, 3.63) is 12.4 Å². The molecule has 0 fully saturated rings. The SMILES string of the molecule is CCCCN(CCO)C(=O)Nc1cnn(CC)c1. The molecule has 6 nitrogen and oxygen atoms in total. The molecule has 0 aromatic carbocycles. The minimum Gasteiger partial charge on any atom is -0.395 e. The van der Waals surface area contributed by atoms with E-state index in [0.717, 1.165) is 19.4 Å². The number of aromatic nitrogens is 2. The number of nitrogens with zero attached hydrogens (tertiary/aromatic N) is 3. The highest BCUT2D eigenvalue weighted by Gasteiger charge is 2.13. The van der Waals surface area contributed by atoms with Gasteiger partial charge in [0.05, 0.1) is 18.5 Å². The van der Waals surface area contributed by atoms with Gasteiger partial charge in [-0.15, -0.1) is 0 Å². The first-order valence-corrected chi connectivity index (χ1v) is 6.40. The summed E-state index contributed by atoms with van der Waals surface area (Å²) in [6.07, 6.45) is 5.36. The Morgan fingerprint density at radius 2 is 2.28 bits per heavy atom. The van der Waals surface area contributed by atoms with E-state index in [9.17, 15) is 4.79 Å². The summed E-state index contributed by atoms with van der Waals surface area (Å²) in [6.45, 7) is 5.81. The fourth-order valence-electron chi connectivity index (χ4n) is 1.59. The summed E-state index contributed by atoms with van der Waals surface area (Å²) in [7, 11) is 0. The molecule has 2 N–H and O–H groups in total. The molecular formula is C12H22N4O2. The monoisotopic (exact) mass is 254 g/mol. The molecule has 0 atom stereocenters. The molecule has 0 aliphatic heterocycles. The largest absolute Gasteiger partial charge is 0.395 e. The Labute approximate surface area is 108 Å². The Morgan fingerprint density at radius 3 is 2.83 bits per heavy atom. The van der Waals surface area contributed by atoms with Crippen molar-refractivity contribution in [2.45, 2.75) is 33.2 Å². The highest BCUT2D eigenvalue weighted by Crippen LogP contribution is 2.07. The van der Waals surface area contributed by atoms with E-state index in [1.807, 2.05) is 6.92 Å². The van der Waals surface area contributed by atoms with Crippen LogP contribution < -0.4 is 5.32 Å². The number of urea groups is 1. The predicted octanol–water partition coefficient (Wildman–Crippen LogP) is 1.53. The lowest BCUT2D eigenvalue weighted by atomic mass is 10.3. The number of anilines is 1. The fourth-order valence-corrected chi connectivity index (χ4v) is 1.59. The second kappa shape index (κ2) is 7.71. The number of aliphatic hydroxyl groups is 1. The van der Waals surface area contributed by atoms with Crippen LogP contribution in [0, 0.1) is 0 Å². The predicted molar refractivity (Wildman–Crippen MR) is 70.5 cm³/mol. The van der Waals surface area contributed by atoms with Crippen molar-refractivity contribution in [1.82, 2.24) is 14.7 Å². The van der Waals surface area contributed by atoms with E-state index in [4.69, 9.17) is 5.11 Å². The minimum atomic E-state index is -0.187. The third-order valence-electron chi connectivity index (χ3n) is 2.65. The summed E-state index contributed by atoms with van der Waals surface area (Å²) >= 11 is 0. The van der Waals surface area contributed by atoms with E-state index >= 15 is 0 Å². The molecule has 1 heterocycles. The van der Waals surface area contributed by atoms with E-state index < -0.39 is 0 Å². The molecular weight excluding hydrogens is 232 g/mol. The first-order chi connectivity index (χ1) is 8.71. The summed E-state index contributed by atoms with van der Waals surface area (Å²) in [4.78, 5) is 13.6. The van der Waals surface area contributed by atoms with Crippen LogP contribution in [0.25, 0.3) is 0 Å². The first-order valence-electron chi connectivity index (χ1n) is 6.40. The van der Waals surface area contributed by atoms with Gasteiger partial charge in [0.2, 0.25) is 0 Å². The topological polar surface area (TPSA) is 70.4 Å². The highest BCUT2D eigenvalue weighted by molar-refractivity contribution is 5.88. The smallest absolute Gasteiger partial charge is 0.322 e. The number of hydrogen-bond donors (Lipinski definition) is 2. The molecule has 102 valence electrons. The number of hydrogen-bond acceptors (Lipinski definition) is 3. The van der Waals surface area contributed by atoms with Crippen LogP contribution in [0.2, 0.25) is 0 Å². The van der Waals surface area contributed by atoms with Crippen molar-refractivity contribution < 1.29 is 9.90 Å². The van der Waals surface area contributed by atoms with E-state index in [-0.39, 0.29) is 12.6 Å². The Hall–Kier alpha value is -1.56. The molecule has 0 aliphatic rings. The average Bonchev–Trinajstić information content (AvgIpc) is 2.82. The number of carbonyl (C=O) groups is 1. The van der Waals surface area contributed by atoms with Gasteiger partial charge < -0.3 is 15.3 Å². The molecule has 1 aromatic heterocycles. The second-order valence-electron chi connectivity index (χ2n) is 4.08. The molecule has 0 bridgehead atoms. The lowest BCUT2D eigenvalue weighted by Crippen LogP contribution is -2.37. The lowest BCUT2D eigenvalue weighted by molar-refractivity contribution is 0.187. The van der Waals surface area contributed by atoms with E-state index in [1.165, 1.54) is 0 Å². The molecule has 0 radical (unpaired) electrons. The molecule has 1 rings (SSSR count). The second-order valence-corrected chi connectivity index (χ2v) is 4.08. The van der Waals surface area contributed by atoms with Gasteiger partial charge in [0.25, 0.3) is 0 Å². The first kappa shape index (κ1) is 14.5.